The van der Waals surface area contributed by atoms with E-state index in [1.165, 1.54) is 0 Å². The van der Waals surface area contributed by atoms with E-state index in [0.717, 1.165) is 17.0 Å². The van der Waals surface area contributed by atoms with Crippen LogP contribution in [0.5, 0.6) is 0 Å². The molecule has 0 unspecified atom stereocenters. The highest BCUT2D eigenvalue weighted by molar-refractivity contribution is 5.27. The number of rotatable bonds is 5. The Hall–Kier alpha value is -2.76. The van der Waals surface area contributed by atoms with Crippen LogP contribution >= 0.6 is 0 Å². The third-order valence-electron chi connectivity index (χ3n) is 3.10. The van der Waals surface area contributed by atoms with Crippen LogP contribution < -0.4 is 5.32 Å². The van der Waals surface area contributed by atoms with Crippen molar-refractivity contribution in [2.24, 2.45) is 0 Å². The van der Waals surface area contributed by atoms with Crippen LogP contribution in [0.25, 0.3) is 0 Å². The van der Waals surface area contributed by atoms with Gasteiger partial charge in [-0.1, -0.05) is 35.5 Å². The number of anilines is 1. The number of hydrogen-bond acceptors (Lipinski definition) is 6. The normalized spacial score (nSPS) is 10.6. The van der Waals surface area contributed by atoms with Crippen LogP contribution in [-0.2, 0) is 13.0 Å². The van der Waals surface area contributed by atoms with E-state index < -0.39 is 0 Å². The first kappa shape index (κ1) is 14.2. The van der Waals surface area contributed by atoms with Crippen molar-refractivity contribution >= 4 is 5.95 Å². The fourth-order valence-corrected chi connectivity index (χ4v) is 2.17. The first-order valence-corrected chi connectivity index (χ1v) is 7.10. The second-order valence-electron chi connectivity index (χ2n) is 5.09. The molecule has 0 radical (unpaired) electrons. The molecule has 0 aliphatic rings. The zero-order valence-electron chi connectivity index (χ0n) is 12.6. The Morgan fingerprint density at radius 1 is 1.00 bits per heavy atom. The number of nitrogens with one attached hydrogen (secondary N) is 1. The maximum Gasteiger partial charge on any atom is 0.231 e. The molecule has 0 amide bonds. The molecule has 112 valence electrons. The van der Waals surface area contributed by atoms with Gasteiger partial charge in [-0.2, -0.15) is 4.98 Å². The van der Waals surface area contributed by atoms with Gasteiger partial charge in [-0.3, -0.25) is 0 Å². The second-order valence-corrected chi connectivity index (χ2v) is 5.09. The van der Waals surface area contributed by atoms with Gasteiger partial charge in [-0.25, -0.2) is 9.97 Å². The van der Waals surface area contributed by atoms with Gasteiger partial charge in [0.05, 0.1) is 13.0 Å². The topological polar surface area (TPSA) is 76.7 Å². The SMILES string of the molecule is Cc1cc(C)nc(NCc2noc(Cc3ccccc3)n2)n1. The predicted molar refractivity (Wildman–Crippen MR) is 82.4 cm³/mol. The highest BCUT2D eigenvalue weighted by Gasteiger charge is 2.08. The van der Waals surface area contributed by atoms with Gasteiger partial charge >= 0.3 is 0 Å². The summed E-state index contributed by atoms with van der Waals surface area (Å²) in [7, 11) is 0. The van der Waals surface area contributed by atoms with Crippen LogP contribution in [0.2, 0.25) is 0 Å². The summed E-state index contributed by atoms with van der Waals surface area (Å²) < 4.78 is 5.26. The lowest BCUT2D eigenvalue weighted by Gasteiger charge is -2.03. The molecule has 3 rings (SSSR count). The number of nitrogens with zero attached hydrogens (tertiary/aromatic N) is 4. The molecule has 0 bridgehead atoms. The maximum absolute atomic E-state index is 5.26. The van der Waals surface area contributed by atoms with Crippen molar-refractivity contribution in [2.75, 3.05) is 5.32 Å². The van der Waals surface area contributed by atoms with Gasteiger partial charge in [0, 0.05) is 11.4 Å². The Labute approximate surface area is 128 Å². The molecule has 0 saturated carbocycles. The molecule has 1 N–H and O–H groups in total. The third kappa shape index (κ3) is 3.66. The van der Waals surface area contributed by atoms with Crippen LogP contribution in [0.1, 0.15) is 28.7 Å². The lowest BCUT2D eigenvalue weighted by molar-refractivity contribution is 0.380. The van der Waals surface area contributed by atoms with Crippen molar-refractivity contribution in [3.8, 4) is 0 Å². The second kappa shape index (κ2) is 6.34. The summed E-state index contributed by atoms with van der Waals surface area (Å²) in [6.45, 7) is 4.31. The molecule has 0 spiro atoms. The number of aromatic nitrogens is 4. The quantitative estimate of drug-likeness (QED) is 0.780. The Bertz CT molecular complexity index is 734. The van der Waals surface area contributed by atoms with Crippen molar-refractivity contribution in [2.45, 2.75) is 26.8 Å². The molecule has 0 aliphatic heterocycles. The van der Waals surface area contributed by atoms with E-state index in [1.807, 2.05) is 50.2 Å². The maximum atomic E-state index is 5.26. The molecule has 2 heterocycles. The van der Waals surface area contributed by atoms with E-state index in [-0.39, 0.29) is 0 Å². The van der Waals surface area contributed by atoms with E-state index in [4.69, 9.17) is 4.52 Å². The molecular formula is C16H17N5O. The molecule has 6 nitrogen and oxygen atoms in total. The average molecular weight is 295 g/mol. The van der Waals surface area contributed by atoms with Crippen molar-refractivity contribution in [1.29, 1.82) is 0 Å². The van der Waals surface area contributed by atoms with Crippen LogP contribution in [-0.4, -0.2) is 20.1 Å². The summed E-state index contributed by atoms with van der Waals surface area (Å²) in [5.41, 5.74) is 2.99. The van der Waals surface area contributed by atoms with E-state index in [0.29, 0.717) is 30.6 Å². The summed E-state index contributed by atoms with van der Waals surface area (Å²) in [4.78, 5) is 13.0. The van der Waals surface area contributed by atoms with Gasteiger partial charge in [-0.05, 0) is 25.5 Å². The largest absolute Gasteiger partial charge is 0.347 e. The third-order valence-corrected chi connectivity index (χ3v) is 3.10. The number of hydrogen-bond donors (Lipinski definition) is 1. The monoisotopic (exact) mass is 295 g/mol. The Balaban J connectivity index is 1.62. The van der Waals surface area contributed by atoms with Crippen molar-refractivity contribution < 1.29 is 4.52 Å². The minimum atomic E-state index is 0.432. The predicted octanol–water partition coefficient (Wildman–Crippen LogP) is 2.68. The molecule has 22 heavy (non-hydrogen) atoms. The van der Waals surface area contributed by atoms with E-state index in [2.05, 4.69) is 25.4 Å². The molecule has 2 aromatic heterocycles. The first-order chi connectivity index (χ1) is 10.7. The van der Waals surface area contributed by atoms with Gasteiger partial charge in [0.1, 0.15) is 0 Å². The lowest BCUT2D eigenvalue weighted by Crippen LogP contribution is -2.06. The molecule has 0 aliphatic carbocycles. The van der Waals surface area contributed by atoms with Crippen molar-refractivity contribution in [1.82, 2.24) is 20.1 Å². The lowest BCUT2D eigenvalue weighted by atomic mass is 10.1. The van der Waals surface area contributed by atoms with E-state index in [1.54, 1.807) is 0 Å². The van der Waals surface area contributed by atoms with Gasteiger partial charge in [-0.15, -0.1) is 0 Å². The summed E-state index contributed by atoms with van der Waals surface area (Å²) in [5, 5.41) is 7.08. The Morgan fingerprint density at radius 2 is 1.73 bits per heavy atom. The Morgan fingerprint density at radius 3 is 2.45 bits per heavy atom. The fraction of sp³-hybridized carbons (Fsp3) is 0.250. The molecule has 3 aromatic rings. The molecule has 0 saturated heterocycles. The van der Waals surface area contributed by atoms with E-state index in [9.17, 15) is 0 Å². The zero-order chi connectivity index (χ0) is 15.4. The van der Waals surface area contributed by atoms with Gasteiger partial charge in [0.25, 0.3) is 0 Å². The van der Waals surface area contributed by atoms with Crippen molar-refractivity contribution in [3.63, 3.8) is 0 Å². The van der Waals surface area contributed by atoms with Gasteiger partial charge in [0.2, 0.25) is 11.8 Å². The first-order valence-electron chi connectivity index (χ1n) is 7.10. The summed E-state index contributed by atoms with van der Waals surface area (Å²) in [5.74, 6) is 1.77. The zero-order valence-corrected chi connectivity index (χ0v) is 12.6. The molecule has 0 fully saturated rings. The van der Waals surface area contributed by atoms with Crippen molar-refractivity contribution in [3.05, 3.63) is 65.1 Å². The highest BCUT2D eigenvalue weighted by Crippen LogP contribution is 2.09. The van der Waals surface area contributed by atoms with Gasteiger partial charge < -0.3 is 9.84 Å². The van der Waals surface area contributed by atoms with Gasteiger partial charge in [0.15, 0.2) is 5.82 Å². The fourth-order valence-electron chi connectivity index (χ4n) is 2.17. The number of benzene rings is 1. The number of aryl methyl sites for hydroxylation is 2. The summed E-state index contributed by atoms with van der Waals surface area (Å²) in [6.07, 6.45) is 0.633. The summed E-state index contributed by atoms with van der Waals surface area (Å²) in [6, 6.07) is 12.0. The van der Waals surface area contributed by atoms with Crippen LogP contribution in [0, 0.1) is 13.8 Å². The Kier molecular flexibility index (Phi) is 4.09. The minimum Gasteiger partial charge on any atom is -0.347 e. The van der Waals surface area contributed by atoms with E-state index >= 15 is 0 Å². The van der Waals surface area contributed by atoms with Crippen LogP contribution in [0.15, 0.2) is 40.9 Å². The molecular weight excluding hydrogens is 278 g/mol. The van der Waals surface area contributed by atoms with Crippen LogP contribution in [0.4, 0.5) is 5.95 Å². The smallest absolute Gasteiger partial charge is 0.231 e. The summed E-state index contributed by atoms with van der Waals surface area (Å²) >= 11 is 0. The molecule has 6 heteroatoms. The molecule has 0 atom stereocenters. The minimum absolute atomic E-state index is 0.432. The highest BCUT2D eigenvalue weighted by atomic mass is 16.5. The molecule has 1 aromatic carbocycles. The average Bonchev–Trinajstić information content (AvgIpc) is 2.93. The van der Waals surface area contributed by atoms with Crippen LogP contribution in [0.3, 0.4) is 0 Å². The standard InChI is InChI=1S/C16H17N5O/c1-11-8-12(2)19-16(18-11)17-10-14-20-15(22-21-14)9-13-6-4-3-5-7-13/h3-8H,9-10H2,1-2H3,(H,17,18,19).